The molecule has 7 nitrogen and oxygen atoms in total. The number of hydrogen-bond acceptors (Lipinski definition) is 7. The average molecular weight is 559 g/mol. The smallest absolute Gasteiger partial charge is 0.306 e. The van der Waals surface area contributed by atoms with E-state index in [2.05, 4.69) is 29.4 Å². The van der Waals surface area contributed by atoms with E-state index in [9.17, 15) is 26.4 Å². The highest BCUT2D eigenvalue weighted by molar-refractivity contribution is 7.91. The predicted molar refractivity (Wildman–Crippen MR) is 137 cm³/mol. The standard InChI is InChI=1S/C25H33F3N4O3S2/c1-4-37(34,35)18-8-5-16(6-9-18)11-21(33)30-24-31-22-19(36-24)14-32(23(22)15(2)3)13-17-7-10-20(29-12-17)25(26,27)28/h5-6,8-9,15,17,20,23,29H,4,7,10-14H2,1-3H3,(H,30,31,33)/t17-,20?,23?/m1/s1. The summed E-state index contributed by atoms with van der Waals surface area (Å²) in [4.78, 5) is 21.0. The maximum absolute atomic E-state index is 13.0. The fourth-order valence-electron chi connectivity index (χ4n) is 5.15. The van der Waals surface area contributed by atoms with Crippen LogP contribution in [0.3, 0.4) is 0 Å². The molecule has 2 unspecified atom stereocenters. The minimum atomic E-state index is -4.20. The summed E-state index contributed by atoms with van der Waals surface area (Å²) in [6.07, 6.45) is -3.47. The van der Waals surface area contributed by atoms with Gasteiger partial charge in [-0.3, -0.25) is 9.69 Å². The summed E-state index contributed by atoms with van der Waals surface area (Å²) in [5, 5.41) is 6.06. The number of rotatable bonds is 8. The number of carbonyl (C=O) groups excluding carboxylic acids is 1. The number of carbonyl (C=O) groups is 1. The van der Waals surface area contributed by atoms with E-state index >= 15 is 0 Å². The third kappa shape index (κ3) is 6.52. The maximum atomic E-state index is 13.0. The van der Waals surface area contributed by atoms with Crippen LogP contribution in [0.4, 0.5) is 18.3 Å². The second kappa shape index (κ2) is 11.0. The van der Waals surface area contributed by atoms with Gasteiger partial charge in [0.2, 0.25) is 5.91 Å². The van der Waals surface area contributed by atoms with Crippen molar-refractivity contribution in [2.75, 3.05) is 24.2 Å². The van der Waals surface area contributed by atoms with Gasteiger partial charge in [-0.1, -0.05) is 32.9 Å². The van der Waals surface area contributed by atoms with Crippen LogP contribution in [-0.4, -0.2) is 55.3 Å². The summed E-state index contributed by atoms with van der Waals surface area (Å²) in [5.74, 6) is 0.187. The van der Waals surface area contributed by atoms with Gasteiger partial charge < -0.3 is 10.6 Å². The van der Waals surface area contributed by atoms with E-state index in [1.165, 1.54) is 23.5 Å². The molecule has 2 aliphatic heterocycles. The first-order valence-corrected chi connectivity index (χ1v) is 15.0. The Balaban J connectivity index is 1.35. The molecule has 0 aliphatic carbocycles. The van der Waals surface area contributed by atoms with E-state index in [-0.39, 0.29) is 47.3 Å². The molecule has 4 rings (SSSR count). The summed E-state index contributed by atoms with van der Waals surface area (Å²) in [5.41, 5.74) is 1.64. The molecule has 0 radical (unpaired) electrons. The molecule has 3 atom stereocenters. The first-order chi connectivity index (χ1) is 17.4. The molecule has 1 fully saturated rings. The zero-order chi connectivity index (χ0) is 27.0. The van der Waals surface area contributed by atoms with Crippen LogP contribution in [0.5, 0.6) is 0 Å². The first kappa shape index (κ1) is 28.0. The lowest BCUT2D eigenvalue weighted by atomic mass is 9.93. The molecule has 12 heteroatoms. The number of hydrogen-bond donors (Lipinski definition) is 2. The molecule has 0 bridgehead atoms. The molecule has 2 aromatic rings. The molecule has 1 amide bonds. The van der Waals surface area contributed by atoms with Crippen LogP contribution in [-0.2, 0) is 27.6 Å². The molecule has 1 saturated heterocycles. The number of aromatic nitrogens is 1. The van der Waals surface area contributed by atoms with Gasteiger partial charge in [-0.05, 0) is 48.9 Å². The molecule has 1 aromatic heterocycles. The van der Waals surface area contributed by atoms with Crippen LogP contribution in [0.1, 0.15) is 55.8 Å². The Morgan fingerprint density at radius 1 is 1.24 bits per heavy atom. The molecule has 0 spiro atoms. The Kier molecular flexibility index (Phi) is 8.32. The Morgan fingerprint density at radius 3 is 2.51 bits per heavy atom. The van der Waals surface area contributed by atoms with E-state index in [1.54, 1.807) is 19.1 Å². The molecular formula is C25H33F3N4O3S2. The van der Waals surface area contributed by atoms with Crippen molar-refractivity contribution in [2.45, 2.75) is 69.7 Å². The Morgan fingerprint density at radius 2 is 1.95 bits per heavy atom. The number of amides is 1. The lowest BCUT2D eigenvalue weighted by Crippen LogP contribution is -2.49. The number of nitrogens with one attached hydrogen (secondary N) is 2. The number of alkyl halides is 3. The Labute approximate surface area is 219 Å². The summed E-state index contributed by atoms with van der Waals surface area (Å²) in [6, 6.07) is 4.96. The van der Waals surface area contributed by atoms with Crippen LogP contribution in [0.2, 0.25) is 0 Å². The van der Waals surface area contributed by atoms with E-state index in [0.717, 1.165) is 10.6 Å². The quantitative estimate of drug-likeness (QED) is 0.494. The third-order valence-corrected chi connectivity index (χ3v) is 9.78. The van der Waals surface area contributed by atoms with Crippen LogP contribution in [0.15, 0.2) is 29.2 Å². The number of fused-ring (bicyclic) bond motifs is 1. The van der Waals surface area contributed by atoms with Crippen molar-refractivity contribution in [1.29, 1.82) is 0 Å². The molecule has 0 saturated carbocycles. The number of halogens is 3. The minimum absolute atomic E-state index is 0.0203. The number of benzene rings is 1. The number of piperidine rings is 1. The van der Waals surface area contributed by atoms with Crippen LogP contribution >= 0.6 is 11.3 Å². The van der Waals surface area contributed by atoms with Crippen molar-refractivity contribution in [3.63, 3.8) is 0 Å². The zero-order valence-electron chi connectivity index (χ0n) is 21.1. The fourth-order valence-corrected chi connectivity index (χ4v) is 7.07. The van der Waals surface area contributed by atoms with Gasteiger partial charge >= 0.3 is 6.18 Å². The largest absolute Gasteiger partial charge is 0.403 e. The van der Waals surface area contributed by atoms with Gasteiger partial charge in [0.15, 0.2) is 15.0 Å². The number of thiazole rings is 1. The van der Waals surface area contributed by atoms with Crippen molar-refractivity contribution in [1.82, 2.24) is 15.2 Å². The fraction of sp³-hybridized carbons (Fsp3) is 0.600. The van der Waals surface area contributed by atoms with Gasteiger partial charge in [0.1, 0.15) is 6.04 Å². The van der Waals surface area contributed by atoms with Crippen molar-refractivity contribution in [2.24, 2.45) is 11.8 Å². The van der Waals surface area contributed by atoms with Gasteiger partial charge in [-0.15, -0.1) is 11.3 Å². The number of sulfone groups is 1. The van der Waals surface area contributed by atoms with Crippen molar-refractivity contribution < 1.29 is 26.4 Å². The molecule has 2 N–H and O–H groups in total. The van der Waals surface area contributed by atoms with Crippen LogP contribution in [0.25, 0.3) is 0 Å². The highest BCUT2D eigenvalue weighted by Gasteiger charge is 2.43. The van der Waals surface area contributed by atoms with Gasteiger partial charge in [0, 0.05) is 18.0 Å². The summed E-state index contributed by atoms with van der Waals surface area (Å²) < 4.78 is 62.8. The second-order valence-electron chi connectivity index (χ2n) is 10.2. The van der Waals surface area contributed by atoms with Crippen LogP contribution < -0.4 is 10.6 Å². The highest BCUT2D eigenvalue weighted by atomic mass is 32.2. The molecule has 3 heterocycles. The first-order valence-electron chi connectivity index (χ1n) is 12.5. The SMILES string of the molecule is CCS(=O)(=O)c1ccc(CC(=O)Nc2nc3c(s2)CN(C[C@@H]2CCC(C(F)(F)F)NC2)C3C(C)C)cc1. The van der Waals surface area contributed by atoms with Crippen molar-refractivity contribution in [3.8, 4) is 0 Å². The van der Waals surface area contributed by atoms with Crippen molar-refractivity contribution >= 4 is 32.2 Å². The lowest BCUT2D eigenvalue weighted by molar-refractivity contribution is -0.162. The monoisotopic (exact) mass is 558 g/mol. The van der Waals surface area contributed by atoms with Crippen LogP contribution in [0, 0.1) is 11.8 Å². The number of nitrogens with zero attached hydrogens (tertiary/aromatic N) is 2. The lowest BCUT2D eigenvalue weighted by Gasteiger charge is -2.35. The van der Waals surface area contributed by atoms with Gasteiger partial charge in [-0.25, -0.2) is 13.4 Å². The normalized spacial score (nSPS) is 22.8. The third-order valence-electron chi connectivity index (χ3n) is 7.06. The minimum Gasteiger partial charge on any atom is -0.306 e. The summed E-state index contributed by atoms with van der Waals surface area (Å²) in [7, 11) is -3.29. The highest BCUT2D eigenvalue weighted by Crippen LogP contribution is 2.43. The molecular weight excluding hydrogens is 525 g/mol. The Hall–Kier alpha value is -2.02. The topological polar surface area (TPSA) is 91.4 Å². The molecule has 204 valence electrons. The molecule has 1 aromatic carbocycles. The van der Waals surface area contributed by atoms with E-state index in [4.69, 9.17) is 4.98 Å². The molecule has 2 aliphatic rings. The van der Waals surface area contributed by atoms with E-state index < -0.39 is 22.1 Å². The van der Waals surface area contributed by atoms with Gasteiger partial charge in [-0.2, -0.15) is 13.2 Å². The maximum Gasteiger partial charge on any atom is 0.403 e. The zero-order valence-corrected chi connectivity index (χ0v) is 22.8. The number of anilines is 1. The van der Waals surface area contributed by atoms with E-state index in [1.807, 2.05) is 0 Å². The second-order valence-corrected chi connectivity index (χ2v) is 13.5. The Bertz CT molecular complexity index is 1200. The van der Waals surface area contributed by atoms with E-state index in [0.29, 0.717) is 36.8 Å². The average Bonchev–Trinajstić information content (AvgIpc) is 3.35. The summed E-state index contributed by atoms with van der Waals surface area (Å²) in [6.45, 7) is 7.51. The van der Waals surface area contributed by atoms with Crippen molar-refractivity contribution in [3.05, 3.63) is 40.4 Å². The molecule has 37 heavy (non-hydrogen) atoms. The van der Waals surface area contributed by atoms with Gasteiger partial charge in [0.05, 0.1) is 28.8 Å². The van der Waals surface area contributed by atoms with Gasteiger partial charge in [0.25, 0.3) is 0 Å². The summed E-state index contributed by atoms with van der Waals surface area (Å²) >= 11 is 1.43. The predicted octanol–water partition coefficient (Wildman–Crippen LogP) is 4.56.